The lowest BCUT2D eigenvalue weighted by Crippen LogP contribution is -2.64. The van der Waals surface area contributed by atoms with Crippen molar-refractivity contribution >= 4 is 5.78 Å². The molecule has 1 N–H and O–H groups in total. The minimum Gasteiger partial charge on any atom is -0.388 e. The number of likely N-dealkylation sites (tertiary alicyclic amines) is 1. The lowest BCUT2D eigenvalue weighted by atomic mass is 9.92. The molecule has 1 atom stereocenters. The number of hydrogen-bond donors (Lipinski definition) is 1. The van der Waals surface area contributed by atoms with Crippen LogP contribution in [0.15, 0.2) is 0 Å². The van der Waals surface area contributed by atoms with Crippen LogP contribution in [0.25, 0.3) is 0 Å². The highest BCUT2D eigenvalue weighted by Gasteiger charge is 2.42. The van der Waals surface area contributed by atoms with E-state index < -0.39 is 5.60 Å². The van der Waals surface area contributed by atoms with Crippen molar-refractivity contribution in [2.45, 2.75) is 50.7 Å². The van der Waals surface area contributed by atoms with Gasteiger partial charge in [-0.05, 0) is 19.8 Å². The Morgan fingerprint density at radius 1 is 1.36 bits per heavy atom. The van der Waals surface area contributed by atoms with Crippen LogP contribution < -0.4 is 0 Å². The van der Waals surface area contributed by atoms with E-state index in [0.29, 0.717) is 18.9 Å². The van der Waals surface area contributed by atoms with E-state index in [0.717, 1.165) is 25.7 Å². The molecule has 1 saturated heterocycles. The van der Waals surface area contributed by atoms with E-state index in [1.54, 1.807) is 0 Å². The van der Waals surface area contributed by atoms with Crippen molar-refractivity contribution in [1.82, 2.24) is 4.90 Å². The first kappa shape index (κ1) is 10.1. The van der Waals surface area contributed by atoms with Crippen molar-refractivity contribution in [3.63, 3.8) is 0 Å². The van der Waals surface area contributed by atoms with Gasteiger partial charge in [-0.15, -0.1) is 0 Å². The maximum Gasteiger partial charge on any atom is 0.149 e. The number of Topliss-reactive ketones (excluding diaryl/α,β-unsaturated/α-hetero) is 1. The Hall–Kier alpha value is -0.410. The Morgan fingerprint density at radius 3 is 2.71 bits per heavy atom. The van der Waals surface area contributed by atoms with Crippen molar-refractivity contribution in [2.24, 2.45) is 0 Å². The number of ketones is 1. The fourth-order valence-corrected chi connectivity index (χ4v) is 2.58. The summed E-state index contributed by atoms with van der Waals surface area (Å²) in [7, 11) is 0. The number of carbonyl (C=O) groups excluding carboxylic acids is 1. The normalized spacial score (nSPS) is 33.6. The Kier molecular flexibility index (Phi) is 2.62. The number of β-amino-alcohol motifs (C(OH)–C–C–N with tert-alkyl or cyclic N) is 1. The van der Waals surface area contributed by atoms with Crippen LogP contribution in [0.3, 0.4) is 0 Å². The Morgan fingerprint density at radius 2 is 2.07 bits per heavy atom. The van der Waals surface area contributed by atoms with E-state index in [9.17, 15) is 9.90 Å². The largest absolute Gasteiger partial charge is 0.388 e. The first-order valence-corrected chi connectivity index (χ1v) is 5.58. The summed E-state index contributed by atoms with van der Waals surface area (Å²) in [6.07, 6.45) is 5.14. The topological polar surface area (TPSA) is 40.5 Å². The molecule has 0 amide bonds. The van der Waals surface area contributed by atoms with Gasteiger partial charge in [-0.3, -0.25) is 9.69 Å². The summed E-state index contributed by atoms with van der Waals surface area (Å²) in [5.74, 6) is 0.387. The number of hydrogen-bond acceptors (Lipinski definition) is 3. The van der Waals surface area contributed by atoms with Gasteiger partial charge in [0.25, 0.3) is 0 Å². The van der Waals surface area contributed by atoms with E-state index in [4.69, 9.17) is 0 Å². The highest BCUT2D eigenvalue weighted by Crippen LogP contribution is 2.27. The molecule has 0 aromatic carbocycles. The van der Waals surface area contributed by atoms with Gasteiger partial charge in [-0.25, -0.2) is 0 Å². The van der Waals surface area contributed by atoms with Gasteiger partial charge in [0.2, 0.25) is 0 Å². The second-order valence-electron chi connectivity index (χ2n) is 4.98. The average molecular weight is 197 g/mol. The highest BCUT2D eigenvalue weighted by atomic mass is 16.3. The third kappa shape index (κ3) is 1.98. The van der Waals surface area contributed by atoms with Gasteiger partial charge in [-0.1, -0.05) is 12.8 Å². The molecule has 1 aliphatic heterocycles. The summed E-state index contributed by atoms with van der Waals surface area (Å²) in [6, 6.07) is 0.109. The van der Waals surface area contributed by atoms with Crippen LogP contribution in [0.5, 0.6) is 0 Å². The zero-order valence-corrected chi connectivity index (χ0v) is 8.83. The monoisotopic (exact) mass is 197 g/mol. The molecule has 1 heterocycles. The van der Waals surface area contributed by atoms with Crippen LogP contribution >= 0.6 is 0 Å². The van der Waals surface area contributed by atoms with Gasteiger partial charge in [0.05, 0.1) is 11.6 Å². The van der Waals surface area contributed by atoms with E-state index in [1.807, 2.05) is 6.92 Å². The third-order valence-corrected chi connectivity index (χ3v) is 3.30. The minimum absolute atomic E-state index is 0.109. The summed E-state index contributed by atoms with van der Waals surface area (Å²) in [4.78, 5) is 13.9. The van der Waals surface area contributed by atoms with Crippen LogP contribution in [0.2, 0.25) is 0 Å². The van der Waals surface area contributed by atoms with Crippen molar-refractivity contribution in [2.75, 3.05) is 13.1 Å². The predicted molar refractivity (Wildman–Crippen MR) is 54.1 cm³/mol. The van der Waals surface area contributed by atoms with Gasteiger partial charge in [-0.2, -0.15) is 0 Å². The van der Waals surface area contributed by atoms with E-state index in [2.05, 4.69) is 4.90 Å². The number of nitrogens with zero attached hydrogens (tertiary/aromatic N) is 1. The molecule has 3 heteroatoms. The number of carbonyl (C=O) groups is 1. The maximum absolute atomic E-state index is 11.7. The zero-order valence-electron chi connectivity index (χ0n) is 8.83. The quantitative estimate of drug-likeness (QED) is 0.636. The third-order valence-electron chi connectivity index (χ3n) is 3.30. The lowest BCUT2D eigenvalue weighted by molar-refractivity contribution is -0.138. The molecule has 2 aliphatic rings. The molecule has 0 radical (unpaired) electrons. The van der Waals surface area contributed by atoms with Gasteiger partial charge >= 0.3 is 0 Å². The van der Waals surface area contributed by atoms with E-state index >= 15 is 0 Å². The molecule has 0 aromatic rings. The van der Waals surface area contributed by atoms with Crippen LogP contribution in [-0.2, 0) is 4.79 Å². The standard InChI is InChI=1S/C11H19NO2/c1-11(14)7-12(8-11)9-5-3-2-4-6-10(9)13/h9,14H,2-8H2,1H3. The molecule has 0 aromatic heterocycles. The molecule has 2 rings (SSSR count). The van der Waals surface area contributed by atoms with Crippen LogP contribution in [0.1, 0.15) is 39.0 Å². The maximum atomic E-state index is 11.7. The number of aliphatic hydroxyl groups is 1. The molecule has 0 bridgehead atoms. The van der Waals surface area contributed by atoms with E-state index in [1.165, 1.54) is 6.42 Å². The minimum atomic E-state index is -0.549. The second-order valence-corrected chi connectivity index (χ2v) is 4.98. The Bertz CT molecular complexity index is 229. The Labute approximate surface area is 85.1 Å². The molecule has 3 nitrogen and oxygen atoms in total. The van der Waals surface area contributed by atoms with Gasteiger partial charge in [0.1, 0.15) is 5.78 Å². The molecule has 0 spiro atoms. The molecule has 1 saturated carbocycles. The van der Waals surface area contributed by atoms with Gasteiger partial charge in [0, 0.05) is 19.5 Å². The van der Waals surface area contributed by atoms with Crippen molar-refractivity contribution in [3.8, 4) is 0 Å². The summed E-state index contributed by atoms with van der Waals surface area (Å²) in [5, 5.41) is 9.62. The zero-order chi connectivity index (χ0) is 10.2. The highest BCUT2D eigenvalue weighted by molar-refractivity contribution is 5.84. The molecular weight excluding hydrogens is 178 g/mol. The fraction of sp³-hybridized carbons (Fsp3) is 0.909. The summed E-state index contributed by atoms with van der Waals surface area (Å²) >= 11 is 0. The first-order chi connectivity index (χ1) is 6.58. The van der Waals surface area contributed by atoms with Gasteiger partial charge in [0.15, 0.2) is 0 Å². The molecular formula is C11H19NO2. The van der Waals surface area contributed by atoms with Gasteiger partial charge < -0.3 is 5.11 Å². The first-order valence-electron chi connectivity index (χ1n) is 5.58. The molecule has 1 unspecified atom stereocenters. The van der Waals surface area contributed by atoms with Crippen LogP contribution in [-0.4, -0.2) is 40.5 Å². The molecule has 14 heavy (non-hydrogen) atoms. The number of rotatable bonds is 1. The predicted octanol–water partition coefficient (Wildman–Crippen LogP) is 0.955. The van der Waals surface area contributed by atoms with Crippen LogP contribution in [0.4, 0.5) is 0 Å². The molecule has 80 valence electrons. The second kappa shape index (κ2) is 3.63. The fourth-order valence-electron chi connectivity index (χ4n) is 2.58. The summed E-state index contributed by atoms with van der Waals surface area (Å²) in [6.45, 7) is 3.18. The summed E-state index contributed by atoms with van der Waals surface area (Å²) in [5.41, 5.74) is -0.549. The SMILES string of the molecule is CC1(O)CN(C2CCCCCC2=O)C1. The Balaban J connectivity index is 1.93. The smallest absolute Gasteiger partial charge is 0.149 e. The lowest BCUT2D eigenvalue weighted by Gasteiger charge is -2.47. The van der Waals surface area contributed by atoms with Crippen molar-refractivity contribution in [1.29, 1.82) is 0 Å². The molecule has 2 fully saturated rings. The van der Waals surface area contributed by atoms with Crippen molar-refractivity contribution in [3.05, 3.63) is 0 Å². The molecule has 1 aliphatic carbocycles. The van der Waals surface area contributed by atoms with E-state index in [-0.39, 0.29) is 6.04 Å². The average Bonchev–Trinajstić information content (AvgIpc) is 2.25. The van der Waals surface area contributed by atoms with Crippen LogP contribution in [0, 0.1) is 0 Å². The van der Waals surface area contributed by atoms with Crippen molar-refractivity contribution < 1.29 is 9.90 Å². The summed E-state index contributed by atoms with van der Waals surface area (Å²) < 4.78 is 0.